The van der Waals surface area contributed by atoms with Gasteiger partial charge in [-0.3, -0.25) is 9.69 Å². The molecule has 1 amide bonds. The number of rotatable bonds is 3. The molecule has 1 saturated heterocycles. The van der Waals surface area contributed by atoms with Crippen LogP contribution in [-0.2, 0) is 22.6 Å². The number of carbonyl (C=O) groups excluding carboxylic acids is 1. The number of carbonyl (C=O) groups is 1. The topological polar surface area (TPSA) is 63.5 Å². The molecule has 2 fully saturated rings. The number of nitrogens with zero attached hydrogens (tertiary/aromatic N) is 5. The Morgan fingerprint density at radius 2 is 2.04 bits per heavy atom. The molecule has 4 rings (SSSR count). The molecule has 3 heterocycles. The van der Waals surface area contributed by atoms with E-state index in [1.54, 1.807) is 0 Å². The Hall–Kier alpha value is -1.47. The van der Waals surface area contributed by atoms with Gasteiger partial charge in [0.15, 0.2) is 0 Å². The van der Waals surface area contributed by atoms with Gasteiger partial charge in [-0.15, -0.1) is 10.2 Å². The molecule has 25 heavy (non-hydrogen) atoms. The van der Waals surface area contributed by atoms with Crippen molar-refractivity contribution in [2.45, 2.75) is 70.7 Å². The van der Waals surface area contributed by atoms with Crippen LogP contribution in [0.4, 0.5) is 0 Å². The summed E-state index contributed by atoms with van der Waals surface area (Å²) in [5.41, 5.74) is 0. The molecule has 0 spiro atoms. The number of fused-ring (bicyclic) bond motifs is 2. The lowest BCUT2D eigenvalue weighted by molar-refractivity contribution is -0.151. The molecule has 1 aromatic rings. The second kappa shape index (κ2) is 7.03. The van der Waals surface area contributed by atoms with Crippen LogP contribution in [0, 0.1) is 0 Å². The van der Waals surface area contributed by atoms with Crippen molar-refractivity contribution in [3.8, 4) is 0 Å². The van der Waals surface area contributed by atoms with Gasteiger partial charge in [0.2, 0.25) is 5.91 Å². The summed E-state index contributed by atoms with van der Waals surface area (Å²) in [7, 11) is 0. The van der Waals surface area contributed by atoms with E-state index in [-0.39, 0.29) is 18.1 Å². The molecule has 1 aliphatic carbocycles. The van der Waals surface area contributed by atoms with Gasteiger partial charge in [-0.25, -0.2) is 0 Å². The Kier molecular flexibility index (Phi) is 4.78. The van der Waals surface area contributed by atoms with Gasteiger partial charge in [0.25, 0.3) is 0 Å². The van der Waals surface area contributed by atoms with E-state index < -0.39 is 0 Å². The van der Waals surface area contributed by atoms with Crippen molar-refractivity contribution in [2.24, 2.45) is 0 Å². The van der Waals surface area contributed by atoms with Crippen LogP contribution in [0.1, 0.15) is 57.1 Å². The van der Waals surface area contributed by atoms with E-state index in [9.17, 15) is 4.79 Å². The normalized spacial score (nSPS) is 27.2. The Balaban J connectivity index is 1.39. The zero-order chi connectivity index (χ0) is 17.4. The molecular formula is C18H29N5O2. The van der Waals surface area contributed by atoms with E-state index in [1.165, 1.54) is 12.8 Å². The average Bonchev–Trinajstić information content (AvgIpc) is 3.04. The standard InChI is InChI=1S/C18H29N5O2/c1-13(2)18-20-19-16-11-21(7-8-23(16)18)12-17(24)22-9-10-25-15-6-4-3-5-14(15)22/h13-15H,3-12H2,1-2H3. The predicted molar refractivity (Wildman–Crippen MR) is 93.1 cm³/mol. The minimum Gasteiger partial charge on any atom is -0.374 e. The zero-order valence-electron chi connectivity index (χ0n) is 15.4. The van der Waals surface area contributed by atoms with Crippen molar-refractivity contribution in [2.75, 3.05) is 26.2 Å². The largest absolute Gasteiger partial charge is 0.374 e. The molecule has 1 aromatic heterocycles. The van der Waals surface area contributed by atoms with Gasteiger partial charge in [-0.2, -0.15) is 0 Å². The Morgan fingerprint density at radius 3 is 2.88 bits per heavy atom. The lowest BCUT2D eigenvalue weighted by atomic mass is 9.90. The highest BCUT2D eigenvalue weighted by Gasteiger charge is 2.37. The maximum atomic E-state index is 12.9. The van der Waals surface area contributed by atoms with Gasteiger partial charge in [-0.1, -0.05) is 26.7 Å². The second-order valence-electron chi connectivity index (χ2n) is 7.84. The van der Waals surface area contributed by atoms with Gasteiger partial charge in [0.05, 0.1) is 31.8 Å². The van der Waals surface area contributed by atoms with Crippen LogP contribution in [-0.4, -0.2) is 68.9 Å². The van der Waals surface area contributed by atoms with Crippen molar-refractivity contribution in [3.05, 3.63) is 11.6 Å². The van der Waals surface area contributed by atoms with Crippen LogP contribution in [0.5, 0.6) is 0 Å². The number of amides is 1. The van der Waals surface area contributed by atoms with Crippen LogP contribution in [0.3, 0.4) is 0 Å². The molecule has 138 valence electrons. The molecular weight excluding hydrogens is 318 g/mol. The average molecular weight is 347 g/mol. The minimum absolute atomic E-state index is 0.247. The lowest BCUT2D eigenvalue weighted by Crippen LogP contribution is -2.57. The first-order valence-electron chi connectivity index (χ1n) is 9.69. The third-order valence-corrected chi connectivity index (χ3v) is 5.79. The summed E-state index contributed by atoms with van der Waals surface area (Å²) in [6.07, 6.45) is 4.87. The van der Waals surface area contributed by atoms with Gasteiger partial charge in [0.1, 0.15) is 11.6 Å². The number of hydrogen-bond donors (Lipinski definition) is 0. The van der Waals surface area contributed by atoms with Crippen LogP contribution >= 0.6 is 0 Å². The summed E-state index contributed by atoms with van der Waals surface area (Å²) < 4.78 is 8.11. The van der Waals surface area contributed by atoms with Crippen LogP contribution in [0.25, 0.3) is 0 Å². The summed E-state index contributed by atoms with van der Waals surface area (Å²) in [4.78, 5) is 17.2. The number of morpholine rings is 1. The van der Waals surface area contributed by atoms with Crippen LogP contribution < -0.4 is 0 Å². The molecule has 0 aromatic carbocycles. The summed E-state index contributed by atoms with van der Waals surface area (Å²) >= 11 is 0. The van der Waals surface area contributed by atoms with E-state index in [1.807, 2.05) is 0 Å². The summed E-state index contributed by atoms with van der Waals surface area (Å²) in [5, 5.41) is 8.67. The van der Waals surface area contributed by atoms with Crippen molar-refractivity contribution in [1.82, 2.24) is 24.6 Å². The minimum atomic E-state index is 0.247. The molecule has 2 aliphatic heterocycles. The zero-order valence-corrected chi connectivity index (χ0v) is 15.4. The first-order valence-corrected chi connectivity index (χ1v) is 9.69. The smallest absolute Gasteiger partial charge is 0.237 e. The molecule has 0 bridgehead atoms. The fourth-order valence-electron chi connectivity index (χ4n) is 4.48. The van der Waals surface area contributed by atoms with Gasteiger partial charge >= 0.3 is 0 Å². The van der Waals surface area contributed by atoms with Crippen molar-refractivity contribution in [1.29, 1.82) is 0 Å². The Morgan fingerprint density at radius 1 is 1.20 bits per heavy atom. The van der Waals surface area contributed by atoms with E-state index in [4.69, 9.17) is 4.74 Å². The highest BCUT2D eigenvalue weighted by molar-refractivity contribution is 5.78. The maximum Gasteiger partial charge on any atom is 0.237 e. The molecule has 2 unspecified atom stereocenters. The van der Waals surface area contributed by atoms with Crippen molar-refractivity contribution < 1.29 is 9.53 Å². The van der Waals surface area contributed by atoms with E-state index in [0.717, 1.165) is 44.1 Å². The first kappa shape index (κ1) is 17.0. The molecule has 0 N–H and O–H groups in total. The molecule has 3 aliphatic rings. The van der Waals surface area contributed by atoms with Gasteiger partial charge < -0.3 is 14.2 Å². The highest BCUT2D eigenvalue weighted by atomic mass is 16.5. The number of aromatic nitrogens is 3. The predicted octanol–water partition coefficient (Wildman–Crippen LogP) is 1.39. The fraction of sp³-hybridized carbons (Fsp3) is 0.833. The van der Waals surface area contributed by atoms with Crippen LogP contribution in [0.15, 0.2) is 0 Å². The van der Waals surface area contributed by atoms with E-state index >= 15 is 0 Å². The maximum absolute atomic E-state index is 12.9. The SMILES string of the molecule is CC(C)c1nnc2n1CCN(CC(=O)N1CCOC3CCCCC31)C2. The molecule has 1 saturated carbocycles. The van der Waals surface area contributed by atoms with Crippen molar-refractivity contribution >= 4 is 5.91 Å². The van der Waals surface area contributed by atoms with Gasteiger partial charge in [0, 0.05) is 25.6 Å². The first-order chi connectivity index (χ1) is 12.1. The Bertz CT molecular complexity index is 627. The summed E-state index contributed by atoms with van der Waals surface area (Å²) in [6.45, 7) is 8.66. The summed E-state index contributed by atoms with van der Waals surface area (Å²) in [5.74, 6) is 2.67. The van der Waals surface area contributed by atoms with Crippen molar-refractivity contribution in [3.63, 3.8) is 0 Å². The molecule has 0 radical (unpaired) electrons. The van der Waals surface area contributed by atoms with Gasteiger partial charge in [-0.05, 0) is 12.8 Å². The second-order valence-corrected chi connectivity index (χ2v) is 7.84. The Labute approximate surface area is 149 Å². The third kappa shape index (κ3) is 3.31. The third-order valence-electron chi connectivity index (χ3n) is 5.79. The van der Waals surface area contributed by atoms with E-state index in [0.29, 0.717) is 25.6 Å². The quantitative estimate of drug-likeness (QED) is 0.827. The number of ether oxygens (including phenoxy) is 1. The van der Waals surface area contributed by atoms with Crippen LogP contribution in [0.2, 0.25) is 0 Å². The fourth-order valence-corrected chi connectivity index (χ4v) is 4.48. The monoisotopic (exact) mass is 347 g/mol. The lowest BCUT2D eigenvalue weighted by Gasteiger charge is -2.44. The molecule has 7 heteroatoms. The number of hydrogen-bond acceptors (Lipinski definition) is 5. The van der Waals surface area contributed by atoms with E-state index in [2.05, 4.69) is 38.4 Å². The highest BCUT2D eigenvalue weighted by Crippen LogP contribution is 2.28. The summed E-state index contributed by atoms with van der Waals surface area (Å²) in [6, 6.07) is 0.288. The molecule has 2 atom stereocenters. The molecule has 7 nitrogen and oxygen atoms in total.